The van der Waals surface area contributed by atoms with Gasteiger partial charge in [-0.25, -0.2) is 5.48 Å². The zero-order chi connectivity index (χ0) is 11.8. The van der Waals surface area contributed by atoms with Crippen molar-refractivity contribution in [3.05, 3.63) is 0 Å². The molecule has 1 fully saturated rings. The minimum atomic E-state index is -0.590. The second-order valence-corrected chi connectivity index (χ2v) is 4.32. The summed E-state index contributed by atoms with van der Waals surface area (Å²) in [5.74, 6) is -0.0879. The van der Waals surface area contributed by atoms with E-state index in [0.717, 1.165) is 6.42 Å². The van der Waals surface area contributed by atoms with Crippen molar-refractivity contribution in [2.45, 2.75) is 44.9 Å². The lowest BCUT2D eigenvalue weighted by atomic mass is 9.86. The summed E-state index contributed by atoms with van der Waals surface area (Å²) in [4.78, 5) is 26.2. The molecule has 1 rings (SSSR count). The second-order valence-electron chi connectivity index (χ2n) is 4.32. The molecule has 0 aromatic carbocycles. The third kappa shape index (κ3) is 5.70. The smallest absolute Gasteiger partial charge is 0.246 e. The van der Waals surface area contributed by atoms with Crippen molar-refractivity contribution in [3.8, 4) is 0 Å². The van der Waals surface area contributed by atoms with Crippen LogP contribution in [0.15, 0.2) is 0 Å². The third-order valence-corrected chi connectivity index (χ3v) is 2.90. The molecule has 0 aromatic rings. The summed E-state index contributed by atoms with van der Waals surface area (Å²) in [5.41, 5.74) is 7.07. The second kappa shape index (κ2) is 7.22. The van der Waals surface area contributed by atoms with E-state index in [0.29, 0.717) is 12.3 Å². The molecule has 0 radical (unpaired) electrons. The molecule has 5 nitrogen and oxygen atoms in total. The number of nitrogens with one attached hydrogen (secondary N) is 1. The van der Waals surface area contributed by atoms with Gasteiger partial charge in [-0.15, -0.1) is 0 Å². The zero-order valence-corrected chi connectivity index (χ0v) is 9.54. The molecule has 0 bridgehead atoms. The Labute approximate surface area is 95.7 Å². The average molecular weight is 228 g/mol. The molecular formula is C11H20N2O3. The van der Waals surface area contributed by atoms with Gasteiger partial charge in [0.25, 0.3) is 0 Å². The van der Waals surface area contributed by atoms with E-state index < -0.39 is 5.91 Å². The molecule has 2 amide bonds. The number of amides is 2. The van der Waals surface area contributed by atoms with Gasteiger partial charge in [0.1, 0.15) is 0 Å². The maximum absolute atomic E-state index is 11.3. The fourth-order valence-electron chi connectivity index (χ4n) is 2.05. The molecule has 1 saturated carbocycles. The Morgan fingerprint density at radius 1 is 1.25 bits per heavy atom. The fraction of sp³-hybridized carbons (Fsp3) is 0.818. The Kier molecular flexibility index (Phi) is 5.85. The van der Waals surface area contributed by atoms with Gasteiger partial charge in [-0.3, -0.25) is 14.4 Å². The largest absolute Gasteiger partial charge is 0.368 e. The highest BCUT2D eigenvalue weighted by Crippen LogP contribution is 2.27. The molecule has 5 heteroatoms. The van der Waals surface area contributed by atoms with Crippen LogP contribution in [0.4, 0.5) is 0 Å². The molecule has 0 unspecified atom stereocenters. The first-order chi connectivity index (χ1) is 7.68. The van der Waals surface area contributed by atoms with E-state index in [2.05, 4.69) is 10.3 Å². The molecule has 16 heavy (non-hydrogen) atoms. The van der Waals surface area contributed by atoms with Gasteiger partial charge >= 0.3 is 0 Å². The van der Waals surface area contributed by atoms with Gasteiger partial charge in [0.05, 0.1) is 0 Å². The van der Waals surface area contributed by atoms with Crippen molar-refractivity contribution in [1.29, 1.82) is 0 Å². The van der Waals surface area contributed by atoms with Gasteiger partial charge in [-0.2, -0.15) is 0 Å². The van der Waals surface area contributed by atoms with Crippen molar-refractivity contribution in [3.63, 3.8) is 0 Å². The minimum absolute atomic E-state index is 0.174. The molecule has 0 atom stereocenters. The number of hydrogen-bond acceptors (Lipinski definition) is 3. The molecule has 1 aliphatic carbocycles. The number of nitrogens with two attached hydrogens (primary N) is 1. The van der Waals surface area contributed by atoms with Crippen LogP contribution >= 0.6 is 0 Å². The highest BCUT2D eigenvalue weighted by atomic mass is 16.7. The van der Waals surface area contributed by atoms with E-state index >= 15 is 0 Å². The molecule has 0 saturated heterocycles. The summed E-state index contributed by atoms with van der Waals surface area (Å²) in [6.45, 7) is -0.269. The number of hydrogen-bond donors (Lipinski definition) is 2. The standard InChI is InChI=1S/C11H20N2O3/c12-10(14)8-16-13-11(15)7-6-9-4-2-1-3-5-9/h9H,1-8H2,(H2,12,14)(H,13,15). The average Bonchev–Trinajstić information content (AvgIpc) is 2.27. The van der Waals surface area contributed by atoms with Crippen LogP contribution < -0.4 is 11.2 Å². The van der Waals surface area contributed by atoms with Crippen LogP contribution in [0.1, 0.15) is 44.9 Å². The number of carbonyl (C=O) groups is 2. The van der Waals surface area contributed by atoms with Gasteiger partial charge in [0.2, 0.25) is 11.8 Å². The molecule has 0 spiro atoms. The van der Waals surface area contributed by atoms with Gasteiger partial charge in [0, 0.05) is 6.42 Å². The number of hydroxylamine groups is 1. The van der Waals surface area contributed by atoms with E-state index in [-0.39, 0.29) is 12.5 Å². The van der Waals surface area contributed by atoms with E-state index in [4.69, 9.17) is 5.73 Å². The lowest BCUT2D eigenvalue weighted by Crippen LogP contribution is -2.29. The summed E-state index contributed by atoms with van der Waals surface area (Å²) < 4.78 is 0. The Hall–Kier alpha value is -1.10. The molecule has 1 aliphatic rings. The van der Waals surface area contributed by atoms with Gasteiger partial charge < -0.3 is 5.73 Å². The van der Waals surface area contributed by atoms with Crippen molar-refractivity contribution in [1.82, 2.24) is 5.48 Å². The predicted molar refractivity (Wildman–Crippen MR) is 59.1 cm³/mol. The predicted octanol–water partition coefficient (Wildman–Crippen LogP) is 0.880. The fourth-order valence-corrected chi connectivity index (χ4v) is 2.05. The Balaban J connectivity index is 2.02. The van der Waals surface area contributed by atoms with Crippen molar-refractivity contribution in [2.24, 2.45) is 11.7 Å². The first kappa shape index (κ1) is 13.0. The van der Waals surface area contributed by atoms with Crippen molar-refractivity contribution >= 4 is 11.8 Å². The van der Waals surface area contributed by atoms with Crippen LogP contribution in [-0.2, 0) is 14.4 Å². The summed E-state index contributed by atoms with van der Waals surface area (Å²) >= 11 is 0. The number of rotatable bonds is 6. The minimum Gasteiger partial charge on any atom is -0.368 e. The maximum Gasteiger partial charge on any atom is 0.246 e. The lowest BCUT2D eigenvalue weighted by Gasteiger charge is -2.20. The first-order valence-corrected chi connectivity index (χ1v) is 5.87. The number of carbonyl (C=O) groups excluding carboxylic acids is 2. The van der Waals surface area contributed by atoms with Crippen LogP contribution in [0.25, 0.3) is 0 Å². The van der Waals surface area contributed by atoms with Crippen molar-refractivity contribution < 1.29 is 14.4 Å². The molecule has 92 valence electrons. The molecule has 0 aliphatic heterocycles. The molecule has 3 N–H and O–H groups in total. The highest BCUT2D eigenvalue weighted by molar-refractivity contribution is 5.76. The van der Waals surface area contributed by atoms with Crippen LogP contribution in [0.2, 0.25) is 0 Å². The first-order valence-electron chi connectivity index (χ1n) is 5.87. The monoisotopic (exact) mass is 228 g/mol. The summed E-state index contributed by atoms with van der Waals surface area (Å²) in [6, 6.07) is 0. The normalized spacial score (nSPS) is 17.0. The van der Waals surface area contributed by atoms with Crippen molar-refractivity contribution in [2.75, 3.05) is 6.61 Å². The topological polar surface area (TPSA) is 81.4 Å². The van der Waals surface area contributed by atoms with E-state index in [1.54, 1.807) is 0 Å². The summed E-state index contributed by atoms with van der Waals surface area (Å²) in [5, 5.41) is 0. The summed E-state index contributed by atoms with van der Waals surface area (Å²) in [7, 11) is 0. The van der Waals surface area contributed by atoms with Gasteiger partial charge in [-0.1, -0.05) is 32.1 Å². The Bertz CT molecular complexity index is 237. The van der Waals surface area contributed by atoms with Crippen LogP contribution in [-0.4, -0.2) is 18.4 Å². The van der Waals surface area contributed by atoms with Crippen LogP contribution in [0, 0.1) is 5.92 Å². The molecule has 0 aromatic heterocycles. The van der Waals surface area contributed by atoms with E-state index in [1.807, 2.05) is 0 Å². The zero-order valence-electron chi connectivity index (χ0n) is 9.54. The van der Waals surface area contributed by atoms with E-state index in [1.165, 1.54) is 32.1 Å². The van der Waals surface area contributed by atoms with Gasteiger partial charge in [-0.05, 0) is 12.3 Å². The quantitative estimate of drug-likeness (QED) is 0.662. The van der Waals surface area contributed by atoms with Crippen LogP contribution in [0.5, 0.6) is 0 Å². The molecule has 0 heterocycles. The highest BCUT2D eigenvalue weighted by Gasteiger charge is 2.14. The maximum atomic E-state index is 11.3. The van der Waals surface area contributed by atoms with E-state index in [9.17, 15) is 9.59 Å². The van der Waals surface area contributed by atoms with Gasteiger partial charge in [0.15, 0.2) is 6.61 Å². The molecular weight excluding hydrogens is 208 g/mol. The SMILES string of the molecule is NC(=O)CONC(=O)CCC1CCCCC1. The Morgan fingerprint density at radius 2 is 1.94 bits per heavy atom. The number of primary amides is 1. The third-order valence-electron chi connectivity index (χ3n) is 2.90. The summed E-state index contributed by atoms with van der Waals surface area (Å²) in [6.07, 6.45) is 7.72. The lowest BCUT2D eigenvalue weighted by molar-refractivity contribution is -0.138. The van der Waals surface area contributed by atoms with Crippen LogP contribution in [0.3, 0.4) is 0 Å². The Morgan fingerprint density at radius 3 is 2.56 bits per heavy atom.